The number of para-hydroxylation sites is 1. The van der Waals surface area contributed by atoms with Crippen LogP contribution in [0.15, 0.2) is 35.7 Å². The van der Waals surface area contributed by atoms with Crippen molar-refractivity contribution in [2.75, 3.05) is 0 Å². The van der Waals surface area contributed by atoms with Crippen molar-refractivity contribution in [2.24, 2.45) is 0 Å². The molecular weight excluding hydrogens is 260 g/mol. The van der Waals surface area contributed by atoms with Crippen LogP contribution in [0.1, 0.15) is 21.2 Å². The molecule has 2 aromatic heterocycles. The number of aromatic carboxylic acids is 1. The summed E-state index contributed by atoms with van der Waals surface area (Å²) in [5.74, 6) is -0.914. The van der Waals surface area contributed by atoms with Crippen LogP contribution in [0, 0.1) is 6.92 Å². The first-order valence-electron chi connectivity index (χ1n) is 5.88. The second kappa shape index (κ2) is 4.51. The predicted octanol–water partition coefficient (Wildman–Crippen LogP) is 3.15. The van der Waals surface area contributed by atoms with Gasteiger partial charge >= 0.3 is 5.97 Å². The summed E-state index contributed by atoms with van der Waals surface area (Å²) in [6, 6.07) is 9.38. The van der Waals surface area contributed by atoms with E-state index in [0.717, 1.165) is 21.6 Å². The van der Waals surface area contributed by atoms with E-state index in [1.807, 2.05) is 36.6 Å². The second-order valence-electron chi connectivity index (χ2n) is 4.34. The maximum Gasteiger partial charge on any atom is 0.352 e. The molecule has 5 heteroatoms. The summed E-state index contributed by atoms with van der Waals surface area (Å²) >= 11 is 1.57. The number of rotatable bonds is 3. The Balaban J connectivity index is 2.14. The molecule has 0 atom stereocenters. The smallest absolute Gasteiger partial charge is 0.352 e. The number of hydrogen-bond donors (Lipinski definition) is 1. The van der Waals surface area contributed by atoms with E-state index in [4.69, 9.17) is 0 Å². The van der Waals surface area contributed by atoms with E-state index >= 15 is 0 Å². The quantitative estimate of drug-likeness (QED) is 0.796. The molecule has 1 N–H and O–H groups in total. The minimum absolute atomic E-state index is 0.298. The van der Waals surface area contributed by atoms with Crippen LogP contribution in [-0.4, -0.2) is 20.6 Å². The van der Waals surface area contributed by atoms with Crippen molar-refractivity contribution >= 4 is 28.2 Å². The Morgan fingerprint density at radius 1 is 1.42 bits per heavy atom. The fourth-order valence-electron chi connectivity index (χ4n) is 2.20. The van der Waals surface area contributed by atoms with E-state index in [2.05, 4.69) is 4.98 Å². The van der Waals surface area contributed by atoms with Crippen LogP contribution >= 0.6 is 11.3 Å². The van der Waals surface area contributed by atoms with Gasteiger partial charge in [-0.3, -0.25) is 0 Å². The highest BCUT2D eigenvalue weighted by atomic mass is 32.1. The predicted molar refractivity (Wildman–Crippen MR) is 74.9 cm³/mol. The van der Waals surface area contributed by atoms with E-state index in [1.165, 1.54) is 0 Å². The topological polar surface area (TPSA) is 55.1 Å². The number of carboxylic acids is 1. The standard InChI is InChI=1S/C14H12N2O2S/c1-9-15-11(8-19-9)7-16-12-5-3-2-4-10(12)6-13(16)14(17)18/h2-6,8H,7H2,1H3,(H,17,18). The molecule has 0 aliphatic rings. The summed E-state index contributed by atoms with van der Waals surface area (Å²) < 4.78 is 1.80. The van der Waals surface area contributed by atoms with Crippen LogP contribution in [-0.2, 0) is 6.54 Å². The highest BCUT2D eigenvalue weighted by molar-refractivity contribution is 7.09. The summed E-state index contributed by atoms with van der Waals surface area (Å²) in [5.41, 5.74) is 2.11. The molecule has 0 radical (unpaired) electrons. The maximum atomic E-state index is 11.3. The van der Waals surface area contributed by atoms with E-state index in [9.17, 15) is 9.90 Å². The van der Waals surface area contributed by atoms with Crippen molar-refractivity contribution in [1.29, 1.82) is 0 Å². The molecule has 96 valence electrons. The minimum Gasteiger partial charge on any atom is -0.477 e. The normalized spacial score (nSPS) is 11.0. The SMILES string of the molecule is Cc1nc(Cn2c(C(=O)O)cc3ccccc32)cs1. The zero-order chi connectivity index (χ0) is 13.4. The highest BCUT2D eigenvalue weighted by Crippen LogP contribution is 2.21. The lowest BCUT2D eigenvalue weighted by molar-refractivity contribution is 0.0686. The molecule has 2 heterocycles. The van der Waals surface area contributed by atoms with Gasteiger partial charge in [-0.1, -0.05) is 18.2 Å². The number of carboxylic acid groups (broad SMARTS) is 1. The zero-order valence-corrected chi connectivity index (χ0v) is 11.1. The van der Waals surface area contributed by atoms with Crippen molar-refractivity contribution in [3.05, 3.63) is 52.1 Å². The summed E-state index contributed by atoms with van der Waals surface area (Å²) in [7, 11) is 0. The van der Waals surface area contributed by atoms with Crippen LogP contribution < -0.4 is 0 Å². The first-order chi connectivity index (χ1) is 9.15. The molecule has 0 aliphatic carbocycles. The Morgan fingerprint density at radius 3 is 2.89 bits per heavy atom. The molecule has 4 nitrogen and oxygen atoms in total. The molecule has 0 amide bonds. The van der Waals surface area contributed by atoms with Gasteiger partial charge in [-0.15, -0.1) is 11.3 Å². The average Bonchev–Trinajstić information content (AvgIpc) is 2.95. The van der Waals surface area contributed by atoms with Crippen molar-refractivity contribution < 1.29 is 9.90 Å². The third kappa shape index (κ3) is 2.13. The fourth-order valence-corrected chi connectivity index (χ4v) is 2.80. The zero-order valence-electron chi connectivity index (χ0n) is 10.3. The first kappa shape index (κ1) is 11.9. The third-order valence-electron chi connectivity index (χ3n) is 3.02. The molecule has 19 heavy (non-hydrogen) atoms. The average molecular weight is 272 g/mol. The second-order valence-corrected chi connectivity index (χ2v) is 5.40. The van der Waals surface area contributed by atoms with Gasteiger partial charge in [-0.2, -0.15) is 0 Å². The van der Waals surface area contributed by atoms with Gasteiger partial charge in [0.1, 0.15) is 5.69 Å². The number of benzene rings is 1. The number of nitrogens with zero attached hydrogens (tertiary/aromatic N) is 2. The van der Waals surface area contributed by atoms with Gasteiger partial charge in [0.2, 0.25) is 0 Å². The van der Waals surface area contributed by atoms with Gasteiger partial charge < -0.3 is 9.67 Å². The largest absolute Gasteiger partial charge is 0.477 e. The first-order valence-corrected chi connectivity index (χ1v) is 6.75. The monoisotopic (exact) mass is 272 g/mol. The van der Waals surface area contributed by atoms with E-state index in [-0.39, 0.29) is 0 Å². The molecule has 0 fully saturated rings. The Morgan fingerprint density at radius 2 is 2.21 bits per heavy atom. The molecule has 3 rings (SSSR count). The molecule has 0 bridgehead atoms. The fraction of sp³-hybridized carbons (Fsp3) is 0.143. The molecule has 0 spiro atoms. The summed E-state index contributed by atoms with van der Waals surface area (Å²) in [6.45, 7) is 2.43. The number of aryl methyl sites for hydroxylation is 1. The van der Waals surface area contributed by atoms with Crippen LogP contribution in [0.4, 0.5) is 0 Å². The molecule has 1 aromatic carbocycles. The number of thiazole rings is 1. The van der Waals surface area contributed by atoms with E-state index in [1.54, 1.807) is 22.0 Å². The van der Waals surface area contributed by atoms with Gasteiger partial charge in [-0.25, -0.2) is 9.78 Å². The lowest BCUT2D eigenvalue weighted by Gasteiger charge is -2.06. The van der Waals surface area contributed by atoms with Crippen molar-refractivity contribution in [2.45, 2.75) is 13.5 Å². The Bertz CT molecular complexity index is 758. The highest BCUT2D eigenvalue weighted by Gasteiger charge is 2.15. The molecule has 0 aliphatic heterocycles. The van der Waals surface area contributed by atoms with Crippen molar-refractivity contribution in [1.82, 2.24) is 9.55 Å². The van der Waals surface area contributed by atoms with Crippen molar-refractivity contribution in [3.63, 3.8) is 0 Å². The summed E-state index contributed by atoms with van der Waals surface area (Å²) in [6.07, 6.45) is 0. The molecule has 0 saturated heterocycles. The number of fused-ring (bicyclic) bond motifs is 1. The van der Waals surface area contributed by atoms with Gasteiger partial charge in [0.15, 0.2) is 0 Å². The van der Waals surface area contributed by atoms with Gasteiger partial charge in [0, 0.05) is 16.3 Å². The van der Waals surface area contributed by atoms with Crippen molar-refractivity contribution in [3.8, 4) is 0 Å². The molecular formula is C14H12N2O2S. The van der Waals surface area contributed by atoms with Gasteiger partial charge in [-0.05, 0) is 19.1 Å². The van der Waals surface area contributed by atoms with E-state index in [0.29, 0.717) is 12.2 Å². The molecule has 0 unspecified atom stereocenters. The Labute approximate surface area is 113 Å². The van der Waals surface area contributed by atoms with Crippen LogP contribution in [0.3, 0.4) is 0 Å². The summed E-state index contributed by atoms with van der Waals surface area (Å²) in [5, 5.41) is 13.2. The number of carbonyl (C=O) groups is 1. The number of hydrogen-bond acceptors (Lipinski definition) is 3. The minimum atomic E-state index is -0.914. The van der Waals surface area contributed by atoms with E-state index < -0.39 is 5.97 Å². The van der Waals surface area contributed by atoms with Crippen LogP contribution in [0.25, 0.3) is 10.9 Å². The third-order valence-corrected chi connectivity index (χ3v) is 3.84. The number of aromatic nitrogens is 2. The Kier molecular flexibility index (Phi) is 2.83. The lowest BCUT2D eigenvalue weighted by atomic mass is 10.2. The Hall–Kier alpha value is -2.14. The molecule has 0 saturated carbocycles. The summed E-state index contributed by atoms with van der Waals surface area (Å²) in [4.78, 5) is 15.7. The van der Waals surface area contributed by atoms with Crippen LogP contribution in [0.2, 0.25) is 0 Å². The lowest BCUT2D eigenvalue weighted by Crippen LogP contribution is -2.09. The molecule has 3 aromatic rings. The van der Waals surface area contributed by atoms with Gasteiger partial charge in [0.25, 0.3) is 0 Å². The van der Waals surface area contributed by atoms with Gasteiger partial charge in [0.05, 0.1) is 17.2 Å². The maximum absolute atomic E-state index is 11.3. The van der Waals surface area contributed by atoms with Crippen LogP contribution in [0.5, 0.6) is 0 Å².